The van der Waals surface area contributed by atoms with Crippen LogP contribution in [0.1, 0.15) is 15.9 Å². The minimum atomic E-state index is -0.226. The van der Waals surface area contributed by atoms with Crippen LogP contribution in [0.3, 0.4) is 0 Å². The van der Waals surface area contributed by atoms with Crippen LogP contribution in [0.2, 0.25) is 0 Å². The highest BCUT2D eigenvalue weighted by Gasteiger charge is 2.13. The average Bonchev–Trinajstić information content (AvgIpc) is 3.10. The van der Waals surface area contributed by atoms with Crippen molar-refractivity contribution in [2.45, 2.75) is 6.92 Å². The zero-order chi connectivity index (χ0) is 17.8. The number of nitrogens with one attached hydrogen (secondary N) is 1. The molecule has 0 fully saturated rings. The summed E-state index contributed by atoms with van der Waals surface area (Å²) in [4.78, 5) is 16.9. The summed E-state index contributed by atoms with van der Waals surface area (Å²) in [6.45, 7) is 2.01. The first-order valence-electron chi connectivity index (χ1n) is 7.66. The number of hydrogen-bond acceptors (Lipinski definition) is 5. The molecule has 1 aromatic heterocycles. The Labute approximate surface area is 150 Å². The van der Waals surface area contributed by atoms with Gasteiger partial charge >= 0.3 is 0 Å². The van der Waals surface area contributed by atoms with Crippen molar-refractivity contribution in [1.82, 2.24) is 4.98 Å². The Morgan fingerprint density at radius 2 is 1.96 bits per heavy atom. The molecule has 1 amide bonds. The van der Waals surface area contributed by atoms with E-state index in [1.54, 1.807) is 38.5 Å². The Hall–Kier alpha value is -2.86. The predicted octanol–water partition coefficient (Wildman–Crippen LogP) is 4.39. The lowest BCUT2D eigenvalue weighted by Gasteiger charge is -2.07. The van der Waals surface area contributed by atoms with Gasteiger partial charge in [0.25, 0.3) is 5.91 Å². The summed E-state index contributed by atoms with van der Waals surface area (Å²) < 4.78 is 10.6. The molecule has 1 N–H and O–H groups in total. The monoisotopic (exact) mass is 354 g/mol. The maximum atomic E-state index is 12.4. The third-order valence-corrected chi connectivity index (χ3v) is 4.45. The van der Waals surface area contributed by atoms with E-state index in [4.69, 9.17) is 9.47 Å². The quantitative estimate of drug-likeness (QED) is 0.738. The summed E-state index contributed by atoms with van der Waals surface area (Å²) in [6, 6.07) is 12.9. The van der Waals surface area contributed by atoms with Crippen LogP contribution in [-0.2, 0) is 0 Å². The van der Waals surface area contributed by atoms with Gasteiger partial charge in [-0.15, -0.1) is 11.3 Å². The number of rotatable bonds is 5. The number of carbonyl (C=O) groups excluding carboxylic acids is 1. The molecule has 0 radical (unpaired) electrons. The molecule has 5 nitrogen and oxygen atoms in total. The smallest absolute Gasteiger partial charge is 0.257 e. The van der Waals surface area contributed by atoms with Gasteiger partial charge in [-0.3, -0.25) is 10.1 Å². The highest BCUT2D eigenvalue weighted by atomic mass is 32.1. The molecule has 3 aromatic rings. The van der Waals surface area contributed by atoms with Crippen molar-refractivity contribution in [3.05, 3.63) is 59.0 Å². The van der Waals surface area contributed by atoms with Gasteiger partial charge in [0.2, 0.25) is 0 Å². The number of benzene rings is 2. The normalized spacial score (nSPS) is 10.4. The van der Waals surface area contributed by atoms with Crippen molar-refractivity contribution in [3.63, 3.8) is 0 Å². The highest BCUT2D eigenvalue weighted by Crippen LogP contribution is 2.33. The van der Waals surface area contributed by atoms with Gasteiger partial charge in [-0.25, -0.2) is 4.98 Å². The van der Waals surface area contributed by atoms with Gasteiger partial charge in [-0.05, 0) is 37.3 Å². The summed E-state index contributed by atoms with van der Waals surface area (Å²) in [5, 5.41) is 5.26. The maximum absolute atomic E-state index is 12.4. The lowest BCUT2D eigenvalue weighted by molar-refractivity contribution is 0.102. The Kier molecular flexibility index (Phi) is 5.00. The second kappa shape index (κ2) is 7.36. The SMILES string of the molecule is COc1cccc(C(=O)Nc2nc(-c3cc(C)ccc3OC)cs2)c1. The molecule has 0 saturated heterocycles. The van der Waals surface area contributed by atoms with Crippen molar-refractivity contribution in [1.29, 1.82) is 0 Å². The molecular weight excluding hydrogens is 336 g/mol. The predicted molar refractivity (Wildman–Crippen MR) is 99.8 cm³/mol. The zero-order valence-corrected chi connectivity index (χ0v) is 15.0. The van der Waals surface area contributed by atoms with Crippen LogP contribution < -0.4 is 14.8 Å². The fourth-order valence-electron chi connectivity index (χ4n) is 2.41. The van der Waals surface area contributed by atoms with E-state index in [-0.39, 0.29) is 5.91 Å². The number of anilines is 1. The number of aryl methyl sites for hydroxylation is 1. The number of ether oxygens (including phenoxy) is 2. The number of thiazole rings is 1. The standard InChI is InChI=1S/C19H18N2O3S/c1-12-7-8-17(24-3)15(9-12)16-11-25-19(20-16)21-18(22)13-5-4-6-14(10-13)23-2/h4-11H,1-3H3,(H,20,21,22). The second-order valence-electron chi connectivity index (χ2n) is 5.43. The van der Waals surface area contributed by atoms with Gasteiger partial charge in [0.1, 0.15) is 11.5 Å². The summed E-state index contributed by atoms with van der Waals surface area (Å²) in [5.74, 6) is 1.16. The molecule has 0 atom stereocenters. The van der Waals surface area contributed by atoms with Crippen LogP contribution in [0, 0.1) is 6.92 Å². The van der Waals surface area contributed by atoms with Crippen molar-refractivity contribution in [3.8, 4) is 22.8 Å². The molecule has 6 heteroatoms. The second-order valence-corrected chi connectivity index (χ2v) is 6.29. The molecule has 0 aliphatic heterocycles. The van der Waals surface area contributed by atoms with E-state index >= 15 is 0 Å². The number of amides is 1. The lowest BCUT2D eigenvalue weighted by atomic mass is 10.1. The molecule has 0 spiro atoms. The number of methoxy groups -OCH3 is 2. The Balaban J connectivity index is 1.82. The summed E-state index contributed by atoms with van der Waals surface area (Å²) in [7, 11) is 3.20. The summed E-state index contributed by atoms with van der Waals surface area (Å²) in [5.41, 5.74) is 3.31. The van der Waals surface area contributed by atoms with Crippen molar-refractivity contribution < 1.29 is 14.3 Å². The van der Waals surface area contributed by atoms with Crippen molar-refractivity contribution in [2.24, 2.45) is 0 Å². The van der Waals surface area contributed by atoms with E-state index in [2.05, 4.69) is 10.3 Å². The minimum absolute atomic E-state index is 0.226. The van der Waals surface area contributed by atoms with Crippen LogP contribution in [0.5, 0.6) is 11.5 Å². The first-order valence-corrected chi connectivity index (χ1v) is 8.54. The molecule has 0 unspecified atom stereocenters. The van der Waals surface area contributed by atoms with Crippen molar-refractivity contribution in [2.75, 3.05) is 19.5 Å². The Bertz CT molecular complexity index is 905. The van der Waals surface area contributed by atoms with Gasteiger partial charge in [-0.1, -0.05) is 17.7 Å². The Morgan fingerprint density at radius 1 is 1.12 bits per heavy atom. The van der Waals surface area contributed by atoms with Gasteiger partial charge in [0, 0.05) is 16.5 Å². The highest BCUT2D eigenvalue weighted by molar-refractivity contribution is 7.14. The van der Waals surface area contributed by atoms with E-state index in [1.165, 1.54) is 11.3 Å². The minimum Gasteiger partial charge on any atom is -0.497 e. The van der Waals surface area contributed by atoms with Gasteiger partial charge in [-0.2, -0.15) is 0 Å². The van der Waals surface area contributed by atoms with Gasteiger partial charge in [0.05, 0.1) is 19.9 Å². The first kappa shape index (κ1) is 17.0. The number of carbonyl (C=O) groups is 1. The van der Waals surface area contributed by atoms with E-state index in [0.29, 0.717) is 16.4 Å². The Morgan fingerprint density at radius 3 is 2.72 bits per heavy atom. The molecule has 2 aromatic carbocycles. The van der Waals surface area contributed by atoms with E-state index in [1.807, 2.05) is 30.5 Å². The molecule has 3 rings (SSSR count). The molecule has 0 saturated carbocycles. The number of nitrogens with zero attached hydrogens (tertiary/aromatic N) is 1. The summed E-state index contributed by atoms with van der Waals surface area (Å²) in [6.07, 6.45) is 0. The maximum Gasteiger partial charge on any atom is 0.257 e. The van der Waals surface area contributed by atoms with Crippen molar-refractivity contribution >= 4 is 22.4 Å². The third-order valence-electron chi connectivity index (χ3n) is 3.69. The lowest BCUT2D eigenvalue weighted by Crippen LogP contribution is -2.11. The topological polar surface area (TPSA) is 60.5 Å². The number of hydrogen-bond donors (Lipinski definition) is 1. The molecule has 0 aliphatic carbocycles. The molecule has 25 heavy (non-hydrogen) atoms. The molecule has 1 heterocycles. The summed E-state index contributed by atoms with van der Waals surface area (Å²) >= 11 is 1.37. The van der Waals surface area contributed by atoms with Gasteiger partial charge in [0.15, 0.2) is 5.13 Å². The zero-order valence-electron chi connectivity index (χ0n) is 14.2. The molecular formula is C19H18N2O3S. The molecule has 0 bridgehead atoms. The van der Waals surface area contributed by atoms with E-state index < -0.39 is 0 Å². The largest absolute Gasteiger partial charge is 0.497 e. The average molecular weight is 354 g/mol. The molecule has 0 aliphatic rings. The fourth-order valence-corrected chi connectivity index (χ4v) is 3.12. The van der Waals surface area contributed by atoms with Crippen LogP contribution in [0.15, 0.2) is 47.8 Å². The van der Waals surface area contributed by atoms with E-state index in [0.717, 1.165) is 22.6 Å². The van der Waals surface area contributed by atoms with Crippen LogP contribution in [-0.4, -0.2) is 25.1 Å². The molecule has 128 valence electrons. The fraction of sp³-hybridized carbons (Fsp3) is 0.158. The van der Waals surface area contributed by atoms with E-state index in [9.17, 15) is 4.79 Å². The van der Waals surface area contributed by atoms with Crippen LogP contribution in [0.25, 0.3) is 11.3 Å². The third kappa shape index (κ3) is 3.80. The van der Waals surface area contributed by atoms with Crippen LogP contribution in [0.4, 0.5) is 5.13 Å². The van der Waals surface area contributed by atoms with Crippen LogP contribution >= 0.6 is 11.3 Å². The van der Waals surface area contributed by atoms with Gasteiger partial charge < -0.3 is 9.47 Å². The number of aromatic nitrogens is 1. The first-order chi connectivity index (χ1) is 12.1.